The molecule has 1 atom stereocenters. The number of nitrogens with zero attached hydrogens (tertiary/aromatic N) is 3. The van der Waals surface area contributed by atoms with E-state index in [4.69, 9.17) is 21.4 Å². The molecule has 0 aliphatic carbocycles. The van der Waals surface area contributed by atoms with Crippen molar-refractivity contribution in [3.8, 4) is 5.75 Å². The zero-order valence-electron chi connectivity index (χ0n) is 18.4. The predicted octanol–water partition coefficient (Wildman–Crippen LogP) is 2.36. The Morgan fingerprint density at radius 3 is 2.32 bits per heavy atom. The standard InChI is InChI=1S/C23H32ClN3O4/c1-22(2,29)21-7-4-17(15-25-21)23(3,30)16-26-8-10-27(11-9-26)20-6-5-18(14-19(20)24)31-13-12-28/h4-7,14-15,28-30H,8-13,16H2,1-3H3. The van der Waals surface area contributed by atoms with Gasteiger partial charge < -0.3 is 25.0 Å². The Balaban J connectivity index is 1.58. The van der Waals surface area contributed by atoms with E-state index >= 15 is 0 Å². The molecule has 1 fully saturated rings. The number of aromatic nitrogens is 1. The number of rotatable bonds is 8. The van der Waals surface area contributed by atoms with E-state index in [2.05, 4.69) is 14.8 Å². The molecule has 1 aliphatic rings. The van der Waals surface area contributed by atoms with Crippen molar-refractivity contribution in [1.82, 2.24) is 9.88 Å². The summed E-state index contributed by atoms with van der Waals surface area (Å²) in [4.78, 5) is 8.78. The lowest BCUT2D eigenvalue weighted by Gasteiger charge is -2.39. The molecule has 0 radical (unpaired) electrons. The van der Waals surface area contributed by atoms with E-state index < -0.39 is 11.2 Å². The number of anilines is 1. The van der Waals surface area contributed by atoms with Crippen LogP contribution in [0.25, 0.3) is 0 Å². The quantitative estimate of drug-likeness (QED) is 0.570. The van der Waals surface area contributed by atoms with E-state index in [1.165, 1.54) is 0 Å². The van der Waals surface area contributed by atoms with E-state index in [1.807, 2.05) is 18.2 Å². The SMILES string of the molecule is CC(C)(O)c1ccc(C(C)(O)CN2CCN(c3ccc(OCCO)cc3Cl)CC2)cn1. The molecule has 170 valence electrons. The minimum absolute atomic E-state index is 0.0370. The number of aliphatic hydroxyl groups excluding tert-OH is 1. The highest BCUT2D eigenvalue weighted by Gasteiger charge is 2.30. The average Bonchev–Trinajstić information content (AvgIpc) is 2.72. The van der Waals surface area contributed by atoms with Crippen LogP contribution in [0.15, 0.2) is 36.5 Å². The molecule has 8 heteroatoms. The second-order valence-corrected chi connectivity index (χ2v) is 9.12. The number of pyridine rings is 1. The third kappa shape index (κ3) is 6.08. The molecule has 1 saturated heterocycles. The van der Waals surface area contributed by atoms with E-state index in [0.717, 1.165) is 37.4 Å². The van der Waals surface area contributed by atoms with Gasteiger partial charge in [-0.15, -0.1) is 0 Å². The van der Waals surface area contributed by atoms with Gasteiger partial charge in [0.1, 0.15) is 23.6 Å². The molecular weight excluding hydrogens is 418 g/mol. The van der Waals surface area contributed by atoms with Gasteiger partial charge in [0.15, 0.2) is 0 Å². The van der Waals surface area contributed by atoms with Crippen LogP contribution in [0.1, 0.15) is 32.0 Å². The van der Waals surface area contributed by atoms with Crippen molar-refractivity contribution in [2.45, 2.75) is 32.0 Å². The van der Waals surface area contributed by atoms with Crippen molar-refractivity contribution in [2.75, 3.05) is 50.8 Å². The molecule has 2 heterocycles. The first-order chi connectivity index (χ1) is 14.6. The third-order valence-corrected chi connectivity index (χ3v) is 5.84. The van der Waals surface area contributed by atoms with Gasteiger partial charge in [0.2, 0.25) is 0 Å². The Labute approximate surface area is 188 Å². The number of β-amino-alcohol motifs (C(OH)–C–C–N with tert-alkyl or cyclic N) is 1. The number of aliphatic hydroxyl groups is 3. The number of hydrogen-bond acceptors (Lipinski definition) is 7. The summed E-state index contributed by atoms with van der Waals surface area (Å²) in [5.74, 6) is 0.640. The normalized spacial score (nSPS) is 17.5. The van der Waals surface area contributed by atoms with Crippen molar-refractivity contribution in [1.29, 1.82) is 0 Å². The summed E-state index contributed by atoms with van der Waals surface area (Å²) < 4.78 is 5.41. The number of ether oxygens (including phenoxy) is 1. The van der Waals surface area contributed by atoms with Gasteiger partial charge in [0.05, 0.1) is 23.0 Å². The van der Waals surface area contributed by atoms with Crippen molar-refractivity contribution in [3.63, 3.8) is 0 Å². The van der Waals surface area contributed by atoms with Crippen LogP contribution in [0, 0.1) is 0 Å². The summed E-state index contributed by atoms with van der Waals surface area (Å²) in [7, 11) is 0. The highest BCUT2D eigenvalue weighted by Crippen LogP contribution is 2.31. The summed E-state index contributed by atoms with van der Waals surface area (Å²) >= 11 is 6.45. The summed E-state index contributed by atoms with van der Waals surface area (Å²) in [6.45, 7) is 9.05. The van der Waals surface area contributed by atoms with Gasteiger partial charge in [-0.3, -0.25) is 9.88 Å². The topological polar surface area (TPSA) is 89.3 Å². The van der Waals surface area contributed by atoms with Gasteiger partial charge >= 0.3 is 0 Å². The fraction of sp³-hybridized carbons (Fsp3) is 0.522. The number of benzene rings is 1. The van der Waals surface area contributed by atoms with Crippen LogP contribution < -0.4 is 9.64 Å². The van der Waals surface area contributed by atoms with Gasteiger partial charge in [-0.25, -0.2) is 0 Å². The lowest BCUT2D eigenvalue weighted by molar-refractivity contribution is 0.0137. The lowest BCUT2D eigenvalue weighted by Crippen LogP contribution is -2.50. The summed E-state index contributed by atoms with van der Waals surface area (Å²) in [5, 5.41) is 30.6. The fourth-order valence-electron chi connectivity index (χ4n) is 3.75. The first-order valence-corrected chi connectivity index (χ1v) is 10.9. The van der Waals surface area contributed by atoms with Gasteiger partial charge in [-0.1, -0.05) is 17.7 Å². The van der Waals surface area contributed by atoms with E-state index in [-0.39, 0.29) is 13.2 Å². The zero-order chi connectivity index (χ0) is 22.6. The van der Waals surface area contributed by atoms with Crippen LogP contribution in [0.3, 0.4) is 0 Å². The first kappa shape index (κ1) is 23.8. The molecule has 0 saturated carbocycles. The molecule has 1 aromatic heterocycles. The number of halogens is 1. The Morgan fingerprint density at radius 2 is 1.77 bits per heavy atom. The Hall–Kier alpha value is -1.90. The maximum atomic E-state index is 11.0. The molecule has 0 bridgehead atoms. The minimum atomic E-state index is -1.05. The largest absolute Gasteiger partial charge is 0.491 e. The van der Waals surface area contributed by atoms with Crippen LogP contribution in [0.2, 0.25) is 5.02 Å². The Bertz CT molecular complexity index is 860. The molecule has 3 N–H and O–H groups in total. The fourth-order valence-corrected chi connectivity index (χ4v) is 4.04. The van der Waals surface area contributed by atoms with Crippen molar-refractivity contribution >= 4 is 17.3 Å². The molecule has 0 amide bonds. The maximum absolute atomic E-state index is 11.0. The van der Waals surface area contributed by atoms with Crippen LogP contribution in [0.4, 0.5) is 5.69 Å². The lowest BCUT2D eigenvalue weighted by atomic mass is 9.95. The molecule has 0 spiro atoms. The summed E-state index contributed by atoms with van der Waals surface area (Å²) in [5.41, 5.74) is 0.201. The van der Waals surface area contributed by atoms with Crippen LogP contribution in [0.5, 0.6) is 5.75 Å². The molecule has 2 aromatic rings. The Kier molecular flexibility index (Phi) is 7.44. The average molecular weight is 450 g/mol. The summed E-state index contributed by atoms with van der Waals surface area (Å²) in [6.07, 6.45) is 1.64. The number of hydrogen-bond donors (Lipinski definition) is 3. The molecule has 3 rings (SSSR count). The number of piperazine rings is 1. The molecular formula is C23H32ClN3O4. The predicted molar refractivity (Wildman–Crippen MR) is 122 cm³/mol. The minimum Gasteiger partial charge on any atom is -0.491 e. The van der Waals surface area contributed by atoms with Gasteiger partial charge in [0, 0.05) is 50.6 Å². The molecule has 1 aromatic carbocycles. The highest BCUT2D eigenvalue weighted by atomic mass is 35.5. The van der Waals surface area contributed by atoms with Crippen molar-refractivity contribution < 1.29 is 20.1 Å². The van der Waals surface area contributed by atoms with Crippen molar-refractivity contribution in [2.24, 2.45) is 0 Å². The van der Waals surface area contributed by atoms with Crippen LogP contribution >= 0.6 is 11.6 Å². The first-order valence-electron chi connectivity index (χ1n) is 10.5. The zero-order valence-corrected chi connectivity index (χ0v) is 19.1. The Morgan fingerprint density at radius 1 is 1.06 bits per heavy atom. The summed E-state index contributed by atoms with van der Waals surface area (Å²) in [6, 6.07) is 9.16. The maximum Gasteiger partial charge on any atom is 0.121 e. The smallest absolute Gasteiger partial charge is 0.121 e. The van der Waals surface area contributed by atoms with E-state index in [9.17, 15) is 10.2 Å². The molecule has 31 heavy (non-hydrogen) atoms. The third-order valence-electron chi connectivity index (χ3n) is 5.54. The molecule has 7 nitrogen and oxygen atoms in total. The van der Waals surface area contributed by atoms with Crippen LogP contribution in [-0.4, -0.2) is 71.1 Å². The van der Waals surface area contributed by atoms with E-state index in [0.29, 0.717) is 23.0 Å². The van der Waals surface area contributed by atoms with Gasteiger partial charge in [-0.2, -0.15) is 0 Å². The molecule has 1 aliphatic heterocycles. The molecule has 1 unspecified atom stereocenters. The van der Waals surface area contributed by atoms with Gasteiger partial charge in [0.25, 0.3) is 0 Å². The van der Waals surface area contributed by atoms with Crippen LogP contribution in [-0.2, 0) is 11.2 Å². The second-order valence-electron chi connectivity index (χ2n) is 8.71. The highest BCUT2D eigenvalue weighted by molar-refractivity contribution is 6.33. The second kappa shape index (κ2) is 9.71. The van der Waals surface area contributed by atoms with E-state index in [1.54, 1.807) is 39.1 Å². The van der Waals surface area contributed by atoms with Gasteiger partial charge in [-0.05, 0) is 39.0 Å². The monoisotopic (exact) mass is 449 g/mol. The van der Waals surface area contributed by atoms with Crippen molar-refractivity contribution in [3.05, 3.63) is 52.8 Å².